The fourth-order valence-electron chi connectivity index (χ4n) is 1.77. The Morgan fingerprint density at radius 2 is 2.14 bits per heavy atom. The quantitative estimate of drug-likeness (QED) is 0.770. The van der Waals surface area contributed by atoms with E-state index in [4.69, 9.17) is 5.73 Å². The summed E-state index contributed by atoms with van der Waals surface area (Å²) in [5.41, 5.74) is 8.51. The average molecular weight is 194 g/mol. The van der Waals surface area contributed by atoms with Crippen LogP contribution in [0.15, 0.2) is 10.9 Å². The Bertz CT molecular complexity index is 368. The standard InChI is InChI=1S/C11H18N2O/c1-4-5-9(12)11-8(3)13-7(2)6-10(11)14/h6,9H,4-5,12H2,1-3H3,(H,13,14)/t9-/m1/s1. The highest BCUT2D eigenvalue weighted by molar-refractivity contribution is 5.24. The first-order valence-electron chi connectivity index (χ1n) is 5.02. The van der Waals surface area contributed by atoms with Gasteiger partial charge in [0.05, 0.1) is 0 Å². The fraction of sp³-hybridized carbons (Fsp3) is 0.545. The van der Waals surface area contributed by atoms with Gasteiger partial charge in [0, 0.05) is 29.1 Å². The van der Waals surface area contributed by atoms with Crippen molar-refractivity contribution in [3.63, 3.8) is 0 Å². The molecule has 0 bridgehead atoms. The molecular formula is C11H18N2O. The van der Waals surface area contributed by atoms with Crippen molar-refractivity contribution in [2.24, 2.45) is 5.73 Å². The van der Waals surface area contributed by atoms with Crippen LogP contribution in [0.5, 0.6) is 0 Å². The van der Waals surface area contributed by atoms with Crippen molar-refractivity contribution in [1.82, 2.24) is 4.98 Å². The van der Waals surface area contributed by atoms with Gasteiger partial charge in [0.2, 0.25) is 0 Å². The van der Waals surface area contributed by atoms with Gasteiger partial charge in [0.1, 0.15) is 0 Å². The van der Waals surface area contributed by atoms with E-state index in [1.54, 1.807) is 6.07 Å². The summed E-state index contributed by atoms with van der Waals surface area (Å²) in [6, 6.07) is 1.47. The predicted molar refractivity (Wildman–Crippen MR) is 58.4 cm³/mol. The molecule has 1 aromatic rings. The van der Waals surface area contributed by atoms with Crippen molar-refractivity contribution in [3.05, 3.63) is 33.2 Å². The first-order chi connectivity index (χ1) is 6.56. The second-order valence-electron chi connectivity index (χ2n) is 3.75. The Morgan fingerprint density at radius 1 is 1.50 bits per heavy atom. The normalized spacial score (nSPS) is 12.9. The van der Waals surface area contributed by atoms with E-state index in [-0.39, 0.29) is 11.5 Å². The number of aromatic nitrogens is 1. The molecule has 0 spiro atoms. The molecule has 1 rings (SSSR count). The molecular weight excluding hydrogens is 176 g/mol. The molecule has 3 nitrogen and oxygen atoms in total. The lowest BCUT2D eigenvalue weighted by atomic mass is 10.0. The largest absolute Gasteiger partial charge is 0.362 e. The van der Waals surface area contributed by atoms with Crippen LogP contribution < -0.4 is 11.2 Å². The molecule has 1 aromatic heterocycles. The van der Waals surface area contributed by atoms with Gasteiger partial charge in [-0.3, -0.25) is 4.79 Å². The number of H-pyrrole nitrogens is 1. The number of nitrogens with two attached hydrogens (primary N) is 1. The summed E-state index contributed by atoms with van der Waals surface area (Å²) in [4.78, 5) is 14.8. The first kappa shape index (κ1) is 11.0. The van der Waals surface area contributed by atoms with Crippen LogP contribution in [0.2, 0.25) is 0 Å². The Morgan fingerprint density at radius 3 is 2.64 bits per heavy atom. The van der Waals surface area contributed by atoms with Gasteiger partial charge in [0.15, 0.2) is 5.43 Å². The molecule has 3 heteroatoms. The van der Waals surface area contributed by atoms with Gasteiger partial charge in [-0.1, -0.05) is 13.3 Å². The highest BCUT2D eigenvalue weighted by atomic mass is 16.1. The number of hydrogen-bond donors (Lipinski definition) is 2. The predicted octanol–water partition coefficient (Wildman–Crippen LogP) is 1.79. The second kappa shape index (κ2) is 4.42. The van der Waals surface area contributed by atoms with Gasteiger partial charge in [0.25, 0.3) is 0 Å². The molecule has 0 aliphatic rings. The third-order valence-electron chi connectivity index (χ3n) is 2.37. The number of nitrogens with one attached hydrogen (secondary N) is 1. The summed E-state index contributed by atoms with van der Waals surface area (Å²) < 4.78 is 0. The van der Waals surface area contributed by atoms with Gasteiger partial charge in [-0.05, 0) is 20.3 Å². The van der Waals surface area contributed by atoms with E-state index in [1.165, 1.54) is 0 Å². The molecule has 0 aliphatic carbocycles. The molecule has 0 fully saturated rings. The van der Waals surface area contributed by atoms with Gasteiger partial charge < -0.3 is 10.7 Å². The number of aryl methyl sites for hydroxylation is 2. The van der Waals surface area contributed by atoms with Crippen LogP contribution in [0.4, 0.5) is 0 Å². The monoisotopic (exact) mass is 194 g/mol. The van der Waals surface area contributed by atoms with E-state index in [1.807, 2.05) is 13.8 Å². The Labute approximate surface area is 84.3 Å². The van der Waals surface area contributed by atoms with Crippen LogP contribution in [0.3, 0.4) is 0 Å². The van der Waals surface area contributed by atoms with Gasteiger partial charge in [-0.25, -0.2) is 0 Å². The van der Waals surface area contributed by atoms with Crippen LogP contribution >= 0.6 is 0 Å². The number of hydrogen-bond acceptors (Lipinski definition) is 2. The smallest absolute Gasteiger partial charge is 0.186 e. The SMILES string of the molecule is CCC[C@@H](N)c1c(C)[nH]c(C)cc1=O. The highest BCUT2D eigenvalue weighted by Gasteiger charge is 2.12. The van der Waals surface area contributed by atoms with Crippen LogP contribution in [-0.2, 0) is 0 Å². The minimum atomic E-state index is -0.135. The number of aromatic amines is 1. The molecule has 0 amide bonds. The Hall–Kier alpha value is -1.09. The lowest BCUT2D eigenvalue weighted by molar-refractivity contribution is 0.627. The fourth-order valence-corrected chi connectivity index (χ4v) is 1.77. The lowest BCUT2D eigenvalue weighted by Crippen LogP contribution is -2.22. The Kier molecular flexibility index (Phi) is 3.47. The third-order valence-corrected chi connectivity index (χ3v) is 2.37. The zero-order valence-corrected chi connectivity index (χ0v) is 9.05. The molecule has 0 unspecified atom stereocenters. The van der Waals surface area contributed by atoms with Crippen LogP contribution in [-0.4, -0.2) is 4.98 Å². The van der Waals surface area contributed by atoms with Crippen LogP contribution in [0.25, 0.3) is 0 Å². The summed E-state index contributed by atoms with van der Waals surface area (Å²) in [5, 5.41) is 0. The lowest BCUT2D eigenvalue weighted by Gasteiger charge is -2.13. The minimum Gasteiger partial charge on any atom is -0.362 e. The van der Waals surface area contributed by atoms with E-state index < -0.39 is 0 Å². The summed E-state index contributed by atoms with van der Waals surface area (Å²) in [6.45, 7) is 5.85. The van der Waals surface area contributed by atoms with Crippen molar-refractivity contribution in [2.45, 2.75) is 39.7 Å². The molecule has 78 valence electrons. The van der Waals surface area contributed by atoms with Gasteiger partial charge >= 0.3 is 0 Å². The number of pyridine rings is 1. The summed E-state index contributed by atoms with van der Waals surface area (Å²) in [5.74, 6) is 0. The summed E-state index contributed by atoms with van der Waals surface area (Å²) >= 11 is 0. The van der Waals surface area contributed by atoms with Crippen LogP contribution in [0, 0.1) is 13.8 Å². The first-order valence-corrected chi connectivity index (χ1v) is 5.02. The average Bonchev–Trinajstić information content (AvgIpc) is 2.01. The van der Waals surface area contributed by atoms with Crippen molar-refractivity contribution >= 4 is 0 Å². The van der Waals surface area contributed by atoms with Crippen molar-refractivity contribution in [2.75, 3.05) is 0 Å². The highest BCUT2D eigenvalue weighted by Crippen LogP contribution is 2.14. The van der Waals surface area contributed by atoms with E-state index in [0.29, 0.717) is 0 Å². The van der Waals surface area contributed by atoms with E-state index >= 15 is 0 Å². The molecule has 1 heterocycles. The zero-order chi connectivity index (χ0) is 10.7. The number of rotatable bonds is 3. The van der Waals surface area contributed by atoms with E-state index in [2.05, 4.69) is 11.9 Å². The van der Waals surface area contributed by atoms with E-state index in [0.717, 1.165) is 29.8 Å². The molecule has 0 saturated carbocycles. The zero-order valence-electron chi connectivity index (χ0n) is 9.05. The molecule has 3 N–H and O–H groups in total. The molecule has 1 atom stereocenters. The molecule has 0 aromatic carbocycles. The maximum atomic E-state index is 11.7. The second-order valence-corrected chi connectivity index (χ2v) is 3.75. The van der Waals surface area contributed by atoms with Gasteiger partial charge in [-0.2, -0.15) is 0 Å². The maximum absolute atomic E-state index is 11.7. The summed E-state index contributed by atoms with van der Waals surface area (Å²) in [6.07, 6.45) is 1.85. The maximum Gasteiger partial charge on any atom is 0.186 e. The van der Waals surface area contributed by atoms with Gasteiger partial charge in [-0.15, -0.1) is 0 Å². The molecule has 0 radical (unpaired) electrons. The minimum absolute atomic E-state index is 0.0553. The van der Waals surface area contributed by atoms with Crippen molar-refractivity contribution in [3.8, 4) is 0 Å². The molecule has 14 heavy (non-hydrogen) atoms. The van der Waals surface area contributed by atoms with Crippen molar-refractivity contribution in [1.29, 1.82) is 0 Å². The molecule has 0 aliphatic heterocycles. The topological polar surface area (TPSA) is 58.9 Å². The molecule has 0 saturated heterocycles. The third kappa shape index (κ3) is 2.23. The van der Waals surface area contributed by atoms with Crippen LogP contribution in [0.1, 0.15) is 42.8 Å². The van der Waals surface area contributed by atoms with Crippen molar-refractivity contribution < 1.29 is 0 Å². The summed E-state index contributed by atoms with van der Waals surface area (Å²) in [7, 11) is 0. The van der Waals surface area contributed by atoms with E-state index in [9.17, 15) is 4.79 Å². The Balaban J connectivity index is 3.14.